The average molecular weight is 157 g/mol. The fourth-order valence-electron chi connectivity index (χ4n) is 1.22. The quantitative estimate of drug-likeness (QED) is 0.650. The van der Waals surface area contributed by atoms with E-state index in [-0.39, 0.29) is 12.0 Å². The molecule has 0 aromatic carbocycles. The highest BCUT2D eigenvalue weighted by atomic mass is 16.3. The van der Waals surface area contributed by atoms with Crippen LogP contribution in [0.4, 0.5) is 0 Å². The van der Waals surface area contributed by atoms with Crippen molar-refractivity contribution in [3.05, 3.63) is 6.42 Å². The molecule has 1 radical (unpaired) electrons. The number of aliphatic hydroxyl groups is 1. The zero-order valence-corrected chi connectivity index (χ0v) is 8.22. The Morgan fingerprint density at radius 3 is 2.00 bits per heavy atom. The van der Waals surface area contributed by atoms with E-state index in [1.54, 1.807) is 0 Å². The summed E-state index contributed by atoms with van der Waals surface area (Å²) >= 11 is 0. The Morgan fingerprint density at radius 2 is 1.73 bits per heavy atom. The molecule has 0 saturated carbocycles. The predicted molar refractivity (Wildman–Crippen MR) is 49.2 cm³/mol. The van der Waals surface area contributed by atoms with Gasteiger partial charge in [0.15, 0.2) is 0 Å². The van der Waals surface area contributed by atoms with Crippen LogP contribution < -0.4 is 0 Å². The van der Waals surface area contributed by atoms with Crippen molar-refractivity contribution in [2.24, 2.45) is 11.3 Å². The zero-order chi connectivity index (χ0) is 8.91. The molecule has 0 aromatic rings. The van der Waals surface area contributed by atoms with Gasteiger partial charge in [-0.3, -0.25) is 0 Å². The van der Waals surface area contributed by atoms with Gasteiger partial charge in [0.25, 0.3) is 0 Å². The van der Waals surface area contributed by atoms with E-state index in [1.807, 2.05) is 0 Å². The maximum absolute atomic E-state index is 9.00. The Kier molecular flexibility index (Phi) is 4.74. The van der Waals surface area contributed by atoms with Crippen LogP contribution in [0.15, 0.2) is 0 Å². The molecule has 0 spiro atoms. The Labute approximate surface area is 70.8 Å². The molecule has 0 fully saturated rings. The van der Waals surface area contributed by atoms with Crippen LogP contribution in [0.1, 0.15) is 40.5 Å². The minimum absolute atomic E-state index is 0.00329. The van der Waals surface area contributed by atoms with Gasteiger partial charge in [0.05, 0.1) is 0 Å². The Bertz CT molecular complexity index is 93.0. The lowest BCUT2D eigenvalue weighted by Gasteiger charge is -2.25. The predicted octanol–water partition coefficient (Wildman–Crippen LogP) is 2.65. The normalized spacial score (nSPS) is 12.5. The fourth-order valence-corrected chi connectivity index (χ4v) is 1.22. The molecule has 1 nitrogen and oxygen atoms in total. The van der Waals surface area contributed by atoms with Crippen molar-refractivity contribution in [3.8, 4) is 0 Å². The van der Waals surface area contributed by atoms with E-state index >= 15 is 0 Å². The molecule has 0 aliphatic carbocycles. The first-order valence-corrected chi connectivity index (χ1v) is 4.52. The molecule has 0 aromatic heterocycles. The van der Waals surface area contributed by atoms with Crippen molar-refractivity contribution in [2.75, 3.05) is 6.61 Å². The van der Waals surface area contributed by atoms with Gasteiger partial charge in [-0.25, -0.2) is 0 Å². The fraction of sp³-hybridized carbons (Fsp3) is 0.900. The second kappa shape index (κ2) is 4.76. The van der Waals surface area contributed by atoms with E-state index in [2.05, 4.69) is 34.1 Å². The highest BCUT2D eigenvalue weighted by Crippen LogP contribution is 2.26. The van der Waals surface area contributed by atoms with Crippen molar-refractivity contribution in [2.45, 2.75) is 40.5 Å². The number of rotatable bonds is 5. The lowest BCUT2D eigenvalue weighted by atomic mass is 9.81. The van der Waals surface area contributed by atoms with Crippen LogP contribution in [0.25, 0.3) is 0 Å². The van der Waals surface area contributed by atoms with Gasteiger partial charge in [0.1, 0.15) is 0 Å². The smallest absolute Gasteiger partial charge is 0.0484 e. The van der Waals surface area contributed by atoms with E-state index < -0.39 is 0 Å². The summed E-state index contributed by atoms with van der Waals surface area (Å²) in [6.45, 7) is 8.79. The van der Waals surface area contributed by atoms with Gasteiger partial charge in [0.2, 0.25) is 0 Å². The van der Waals surface area contributed by atoms with Crippen LogP contribution in [0.5, 0.6) is 0 Å². The molecule has 1 heteroatoms. The molecule has 0 rings (SSSR count). The molecule has 0 bridgehead atoms. The first-order chi connectivity index (χ1) is 5.05. The van der Waals surface area contributed by atoms with Crippen molar-refractivity contribution < 1.29 is 5.11 Å². The molecule has 0 aliphatic heterocycles. The lowest BCUT2D eigenvalue weighted by Crippen LogP contribution is -2.21. The topological polar surface area (TPSA) is 20.2 Å². The molecule has 0 atom stereocenters. The third kappa shape index (κ3) is 4.41. The molecule has 1 N–H and O–H groups in total. The van der Waals surface area contributed by atoms with E-state index in [0.29, 0.717) is 5.92 Å². The highest BCUT2D eigenvalue weighted by Gasteiger charge is 2.20. The molecule has 0 amide bonds. The van der Waals surface area contributed by atoms with Gasteiger partial charge >= 0.3 is 0 Å². The van der Waals surface area contributed by atoms with Crippen molar-refractivity contribution in [1.29, 1.82) is 0 Å². The van der Waals surface area contributed by atoms with Crippen molar-refractivity contribution in [1.82, 2.24) is 0 Å². The number of hydrogen-bond donors (Lipinski definition) is 1. The average Bonchev–Trinajstić information content (AvgIpc) is 2.00. The van der Waals surface area contributed by atoms with Crippen LogP contribution in [0, 0.1) is 17.8 Å². The molecule has 67 valence electrons. The molecular weight excluding hydrogens is 136 g/mol. The number of aliphatic hydroxyl groups excluding tert-OH is 1. The van der Waals surface area contributed by atoms with Crippen LogP contribution in [0.3, 0.4) is 0 Å². The van der Waals surface area contributed by atoms with Gasteiger partial charge in [-0.05, 0) is 17.8 Å². The largest absolute Gasteiger partial charge is 0.396 e. The second-order valence-electron chi connectivity index (χ2n) is 3.89. The lowest BCUT2D eigenvalue weighted by molar-refractivity contribution is 0.173. The van der Waals surface area contributed by atoms with E-state index in [1.165, 1.54) is 12.8 Å². The summed E-state index contributed by atoms with van der Waals surface area (Å²) in [5.74, 6) is 0.664. The zero-order valence-electron chi connectivity index (χ0n) is 8.22. The minimum atomic E-state index is -0.00329. The minimum Gasteiger partial charge on any atom is -0.396 e. The van der Waals surface area contributed by atoms with E-state index in [9.17, 15) is 0 Å². The maximum atomic E-state index is 9.00. The van der Waals surface area contributed by atoms with Crippen molar-refractivity contribution in [3.63, 3.8) is 0 Å². The molecule has 11 heavy (non-hydrogen) atoms. The van der Waals surface area contributed by atoms with Gasteiger partial charge < -0.3 is 5.11 Å². The second-order valence-corrected chi connectivity index (χ2v) is 3.89. The van der Waals surface area contributed by atoms with E-state index in [0.717, 1.165) is 0 Å². The van der Waals surface area contributed by atoms with Gasteiger partial charge in [-0.15, -0.1) is 0 Å². The summed E-state index contributed by atoms with van der Waals surface area (Å²) in [7, 11) is 0. The Hall–Kier alpha value is -0.0400. The first-order valence-electron chi connectivity index (χ1n) is 4.52. The Balaban J connectivity index is 3.79. The maximum Gasteiger partial charge on any atom is 0.0484 e. The van der Waals surface area contributed by atoms with Crippen LogP contribution in [-0.2, 0) is 0 Å². The SMILES string of the molecule is CCC([CH]C(C)(C)CO)CC. The Morgan fingerprint density at radius 1 is 1.27 bits per heavy atom. The van der Waals surface area contributed by atoms with Gasteiger partial charge in [-0.1, -0.05) is 40.5 Å². The van der Waals surface area contributed by atoms with Gasteiger partial charge in [0, 0.05) is 6.61 Å². The van der Waals surface area contributed by atoms with Crippen LogP contribution >= 0.6 is 0 Å². The first kappa shape index (κ1) is 11.0. The summed E-state index contributed by atoms with van der Waals surface area (Å²) in [6.07, 6.45) is 4.63. The standard InChI is InChI=1S/C10H21O/c1-5-9(6-2)7-10(3,4)8-11/h7,9,11H,5-6,8H2,1-4H3. The van der Waals surface area contributed by atoms with Crippen LogP contribution in [-0.4, -0.2) is 11.7 Å². The molecule has 0 aliphatic rings. The molecule has 0 heterocycles. The summed E-state index contributed by atoms with van der Waals surface area (Å²) in [5, 5.41) is 9.00. The third-order valence-corrected chi connectivity index (χ3v) is 2.14. The monoisotopic (exact) mass is 157 g/mol. The van der Waals surface area contributed by atoms with Crippen LogP contribution in [0.2, 0.25) is 0 Å². The summed E-state index contributed by atoms with van der Waals surface area (Å²) in [4.78, 5) is 0. The molecule has 0 saturated heterocycles. The number of hydrogen-bond acceptors (Lipinski definition) is 1. The van der Waals surface area contributed by atoms with Gasteiger partial charge in [-0.2, -0.15) is 0 Å². The highest BCUT2D eigenvalue weighted by molar-refractivity contribution is 4.88. The van der Waals surface area contributed by atoms with E-state index in [4.69, 9.17) is 5.11 Å². The molecule has 0 unspecified atom stereocenters. The summed E-state index contributed by atoms with van der Waals surface area (Å²) in [6, 6.07) is 0. The van der Waals surface area contributed by atoms with Crippen molar-refractivity contribution >= 4 is 0 Å². The summed E-state index contributed by atoms with van der Waals surface area (Å²) in [5.41, 5.74) is -0.00329. The molecular formula is C10H21O. The summed E-state index contributed by atoms with van der Waals surface area (Å²) < 4.78 is 0. The third-order valence-electron chi connectivity index (χ3n) is 2.14.